The molecule has 0 aromatic heterocycles. The highest BCUT2D eigenvalue weighted by atomic mass is 32.3. The molecule has 0 heterocycles. The second-order valence-corrected chi connectivity index (χ2v) is 11.2. The molecule has 3 rings (SSSR count). The molecule has 10 heteroatoms. The average Bonchev–Trinajstić information content (AvgIpc) is 2.60. The third-order valence-corrected chi connectivity index (χ3v) is 9.74. The first kappa shape index (κ1) is 21.0. The van der Waals surface area contributed by atoms with E-state index >= 15 is 0 Å². The SMILES string of the molecule is O=S(=O)(C(=C1C=c2ccccc2=CC1)S(=O)(=O)C(F)(F)F)C1CCCC(F)C1. The number of hydrogen-bond donors (Lipinski definition) is 0. The molecule has 0 bridgehead atoms. The van der Waals surface area contributed by atoms with Gasteiger partial charge in [0, 0.05) is 0 Å². The Bertz CT molecular complexity index is 1130. The van der Waals surface area contributed by atoms with Crippen LogP contribution < -0.4 is 10.4 Å². The highest BCUT2D eigenvalue weighted by Gasteiger charge is 2.54. The predicted octanol–water partition coefficient (Wildman–Crippen LogP) is 2.49. The van der Waals surface area contributed by atoms with Crippen LogP contribution >= 0.6 is 0 Å². The van der Waals surface area contributed by atoms with Crippen molar-refractivity contribution >= 4 is 31.8 Å². The summed E-state index contributed by atoms with van der Waals surface area (Å²) in [7, 11) is -11.1. The second kappa shape index (κ2) is 7.29. The van der Waals surface area contributed by atoms with Crippen molar-refractivity contribution in [2.24, 2.45) is 0 Å². The largest absolute Gasteiger partial charge is 0.502 e. The lowest BCUT2D eigenvalue weighted by Gasteiger charge is -2.26. The van der Waals surface area contributed by atoms with E-state index in [0.717, 1.165) is 6.08 Å². The summed E-state index contributed by atoms with van der Waals surface area (Å²) in [5.74, 6) is 0. The van der Waals surface area contributed by atoms with Crippen LogP contribution in [0.25, 0.3) is 12.2 Å². The summed E-state index contributed by atoms with van der Waals surface area (Å²) in [6, 6.07) is 6.54. The molecule has 0 amide bonds. The summed E-state index contributed by atoms with van der Waals surface area (Å²) in [6.45, 7) is 0. The van der Waals surface area contributed by atoms with Crippen molar-refractivity contribution in [3.05, 3.63) is 44.5 Å². The van der Waals surface area contributed by atoms with Crippen LogP contribution in [0.5, 0.6) is 0 Å². The minimum absolute atomic E-state index is 0.0762. The zero-order valence-corrected chi connectivity index (χ0v) is 16.2. The van der Waals surface area contributed by atoms with Crippen LogP contribution in [-0.2, 0) is 19.7 Å². The van der Waals surface area contributed by atoms with Gasteiger partial charge in [-0.15, -0.1) is 0 Å². The molecule has 0 radical (unpaired) electrons. The average molecular weight is 438 g/mol. The van der Waals surface area contributed by atoms with Crippen LogP contribution in [0.1, 0.15) is 32.1 Å². The first-order chi connectivity index (χ1) is 12.9. The molecular formula is C18H18F4O4S2. The molecule has 4 nitrogen and oxygen atoms in total. The quantitative estimate of drug-likeness (QED) is 0.680. The van der Waals surface area contributed by atoms with Crippen molar-refractivity contribution in [1.82, 2.24) is 0 Å². The Hall–Kier alpha value is -1.68. The van der Waals surface area contributed by atoms with Crippen molar-refractivity contribution in [2.45, 2.75) is 49.0 Å². The Labute approximate surface area is 160 Å². The smallest absolute Gasteiger partial charge is 0.247 e. The number of fused-ring (bicyclic) bond motifs is 1. The van der Waals surface area contributed by atoms with Crippen molar-refractivity contribution in [1.29, 1.82) is 0 Å². The van der Waals surface area contributed by atoms with Crippen molar-refractivity contribution in [3.8, 4) is 0 Å². The number of alkyl halides is 4. The first-order valence-corrected chi connectivity index (χ1v) is 11.7. The van der Waals surface area contributed by atoms with E-state index in [-0.39, 0.29) is 25.7 Å². The molecule has 0 spiro atoms. The molecule has 2 aliphatic rings. The lowest BCUT2D eigenvalue weighted by Crippen LogP contribution is -2.37. The fourth-order valence-electron chi connectivity index (χ4n) is 3.57. The standard InChI is InChI=1S/C18H18F4O4S2/c19-15-6-3-7-16(11-15)27(23,24)17(28(25,26)18(20,21)22)14-9-8-12-4-1-2-5-13(12)10-14/h1-2,4-5,8,10,15-16H,3,6-7,9,11H2. The van der Waals surface area contributed by atoms with Gasteiger partial charge in [0.05, 0.1) is 5.25 Å². The van der Waals surface area contributed by atoms with Gasteiger partial charge in [-0.2, -0.15) is 13.2 Å². The zero-order chi connectivity index (χ0) is 20.7. The summed E-state index contributed by atoms with van der Waals surface area (Å²) in [4.78, 5) is 0. The third-order valence-electron chi connectivity index (χ3n) is 4.94. The van der Waals surface area contributed by atoms with E-state index in [1.165, 1.54) is 6.08 Å². The van der Waals surface area contributed by atoms with Gasteiger partial charge in [0.25, 0.3) is 9.84 Å². The Balaban J connectivity index is 2.28. The molecule has 28 heavy (non-hydrogen) atoms. The van der Waals surface area contributed by atoms with Crippen LogP contribution in [0, 0.1) is 0 Å². The molecule has 1 aromatic carbocycles. The van der Waals surface area contributed by atoms with E-state index in [2.05, 4.69) is 0 Å². The van der Waals surface area contributed by atoms with Gasteiger partial charge in [0.1, 0.15) is 6.17 Å². The molecule has 2 aliphatic carbocycles. The van der Waals surface area contributed by atoms with Gasteiger partial charge in [-0.3, -0.25) is 0 Å². The normalized spacial score (nSPS) is 25.3. The summed E-state index contributed by atoms with van der Waals surface area (Å²) in [5, 5.41) is -0.420. The third kappa shape index (κ3) is 3.76. The van der Waals surface area contributed by atoms with Gasteiger partial charge in [0.2, 0.25) is 0 Å². The monoisotopic (exact) mass is 438 g/mol. The highest BCUT2D eigenvalue weighted by Crippen LogP contribution is 2.40. The van der Waals surface area contributed by atoms with Crippen LogP contribution in [-0.4, -0.2) is 33.8 Å². The Morgan fingerprint density at radius 1 is 1.00 bits per heavy atom. The maximum absolute atomic E-state index is 13.7. The summed E-state index contributed by atoms with van der Waals surface area (Å²) >= 11 is 0. The maximum Gasteiger partial charge on any atom is 0.502 e. The van der Waals surface area contributed by atoms with E-state index < -0.39 is 52.8 Å². The van der Waals surface area contributed by atoms with Crippen molar-refractivity contribution in [2.75, 3.05) is 0 Å². The number of rotatable bonds is 3. The number of benzene rings is 1. The fraction of sp³-hybridized carbons (Fsp3) is 0.444. The lowest BCUT2D eigenvalue weighted by atomic mass is 9.98. The van der Waals surface area contributed by atoms with Crippen molar-refractivity contribution < 1.29 is 34.4 Å². The van der Waals surface area contributed by atoms with Crippen molar-refractivity contribution in [3.63, 3.8) is 0 Å². The fourth-order valence-corrected chi connectivity index (χ4v) is 7.93. The molecule has 0 aliphatic heterocycles. The first-order valence-electron chi connectivity index (χ1n) is 8.64. The van der Waals surface area contributed by atoms with E-state index in [1.807, 2.05) is 0 Å². The van der Waals surface area contributed by atoms with E-state index in [4.69, 9.17) is 0 Å². The van der Waals surface area contributed by atoms with Gasteiger partial charge in [-0.1, -0.05) is 30.3 Å². The lowest BCUT2D eigenvalue weighted by molar-refractivity contribution is -0.0425. The van der Waals surface area contributed by atoms with E-state index in [1.54, 1.807) is 24.3 Å². The number of hydrogen-bond acceptors (Lipinski definition) is 4. The van der Waals surface area contributed by atoms with Gasteiger partial charge >= 0.3 is 5.51 Å². The summed E-state index contributed by atoms with van der Waals surface area (Å²) in [6.07, 6.45) is 0.546. The number of allylic oxidation sites excluding steroid dienone is 1. The molecule has 2 unspecified atom stereocenters. The van der Waals surface area contributed by atoms with E-state index in [0.29, 0.717) is 10.4 Å². The van der Waals surface area contributed by atoms with Gasteiger partial charge in [0.15, 0.2) is 14.1 Å². The minimum Gasteiger partial charge on any atom is -0.247 e. The van der Waals surface area contributed by atoms with Gasteiger partial charge < -0.3 is 0 Å². The Kier molecular flexibility index (Phi) is 5.48. The Morgan fingerprint density at radius 2 is 1.64 bits per heavy atom. The molecular weight excluding hydrogens is 420 g/mol. The summed E-state index contributed by atoms with van der Waals surface area (Å²) < 4.78 is 103. The van der Waals surface area contributed by atoms with Crippen LogP contribution in [0.15, 0.2) is 34.1 Å². The molecule has 1 aromatic rings. The minimum atomic E-state index is -6.15. The molecule has 154 valence electrons. The maximum atomic E-state index is 13.7. The molecule has 0 saturated heterocycles. The molecule has 2 atom stereocenters. The summed E-state index contributed by atoms with van der Waals surface area (Å²) in [5.41, 5.74) is -6.23. The molecule has 1 fully saturated rings. The van der Waals surface area contributed by atoms with Crippen LogP contribution in [0.3, 0.4) is 0 Å². The van der Waals surface area contributed by atoms with E-state index in [9.17, 15) is 34.4 Å². The second-order valence-electron chi connectivity index (χ2n) is 6.87. The van der Waals surface area contributed by atoms with Crippen LogP contribution in [0.2, 0.25) is 0 Å². The number of sulfone groups is 2. The highest BCUT2D eigenvalue weighted by molar-refractivity contribution is 8.15. The van der Waals surface area contributed by atoms with Crippen LogP contribution in [0.4, 0.5) is 17.6 Å². The molecule has 0 N–H and O–H groups in total. The van der Waals surface area contributed by atoms with Gasteiger partial charge in [-0.05, 0) is 54.2 Å². The topological polar surface area (TPSA) is 68.3 Å². The van der Waals surface area contributed by atoms with Gasteiger partial charge in [-0.25, -0.2) is 21.2 Å². The Morgan fingerprint density at radius 3 is 2.25 bits per heavy atom. The zero-order valence-electron chi connectivity index (χ0n) is 14.6. The number of halogens is 4. The molecule has 1 saturated carbocycles. The predicted molar refractivity (Wildman–Crippen MR) is 97.3 cm³/mol.